The van der Waals surface area contributed by atoms with E-state index >= 15 is 0 Å². The van der Waals surface area contributed by atoms with Gasteiger partial charge in [0.15, 0.2) is 0 Å². The highest BCUT2D eigenvalue weighted by Crippen LogP contribution is 2.21. The monoisotopic (exact) mass is 582 g/mol. The summed E-state index contributed by atoms with van der Waals surface area (Å²) in [5, 5.41) is 0. The van der Waals surface area contributed by atoms with Crippen molar-refractivity contribution in [2.75, 3.05) is 46.0 Å². The maximum Gasteiger partial charge on any atom is 0.320 e. The molecule has 1 aliphatic rings. The number of amides is 1. The van der Waals surface area contributed by atoms with E-state index in [0.29, 0.717) is 19.8 Å². The zero-order valence-electron chi connectivity index (χ0n) is 26.5. The minimum absolute atomic E-state index is 0.0634. The number of unbranched alkanes of at least 4 members (excludes halogenated alkanes) is 10. The Labute approximate surface area is 249 Å². The van der Waals surface area contributed by atoms with Gasteiger partial charge in [0.1, 0.15) is 6.61 Å². The summed E-state index contributed by atoms with van der Waals surface area (Å²) in [6.45, 7) is 9.06. The van der Waals surface area contributed by atoms with E-state index in [1.165, 1.54) is 43.4 Å². The summed E-state index contributed by atoms with van der Waals surface area (Å²) in [4.78, 5) is 53.7. The van der Waals surface area contributed by atoms with Crippen molar-refractivity contribution in [1.82, 2.24) is 9.80 Å². The number of esters is 3. The minimum Gasteiger partial charge on any atom is -0.465 e. The Morgan fingerprint density at radius 3 is 1.66 bits per heavy atom. The van der Waals surface area contributed by atoms with Crippen LogP contribution in [0.15, 0.2) is 0 Å². The van der Waals surface area contributed by atoms with Crippen molar-refractivity contribution < 1.29 is 33.4 Å². The standard InChI is InChI=1S/C32H58N2O7/c1-5-8-10-12-14-16-21-39-29(35)23-33(24-30(36)40-22-17-15-13-11-9-6-2)25-31(37)41-26-28-19-18-20-34(28)32(38)27(4)7-3/h27-28H,5-26H2,1-4H3. The Morgan fingerprint density at radius 1 is 0.707 bits per heavy atom. The number of ether oxygens (including phenoxy) is 3. The van der Waals surface area contributed by atoms with Gasteiger partial charge in [0.2, 0.25) is 5.91 Å². The van der Waals surface area contributed by atoms with Crippen LogP contribution in [0.5, 0.6) is 0 Å². The van der Waals surface area contributed by atoms with Gasteiger partial charge >= 0.3 is 17.9 Å². The van der Waals surface area contributed by atoms with Crippen molar-refractivity contribution in [1.29, 1.82) is 0 Å². The Morgan fingerprint density at radius 2 is 1.17 bits per heavy atom. The second-order valence-corrected chi connectivity index (χ2v) is 11.4. The average molecular weight is 583 g/mol. The predicted molar refractivity (Wildman–Crippen MR) is 160 cm³/mol. The van der Waals surface area contributed by atoms with Gasteiger partial charge in [0, 0.05) is 12.5 Å². The summed E-state index contributed by atoms with van der Waals surface area (Å²) >= 11 is 0. The molecular formula is C32H58N2O7. The van der Waals surface area contributed by atoms with Gasteiger partial charge in [-0.2, -0.15) is 0 Å². The predicted octanol–water partition coefficient (Wildman–Crippen LogP) is 5.68. The normalized spacial score (nSPS) is 15.6. The zero-order valence-corrected chi connectivity index (χ0v) is 26.5. The summed E-state index contributed by atoms with van der Waals surface area (Å²) in [5.41, 5.74) is 0. The van der Waals surface area contributed by atoms with Crippen molar-refractivity contribution >= 4 is 23.8 Å². The molecule has 1 rings (SSSR count). The third-order valence-corrected chi connectivity index (χ3v) is 7.71. The Bertz CT molecular complexity index is 714. The van der Waals surface area contributed by atoms with E-state index in [0.717, 1.165) is 57.8 Å². The quantitative estimate of drug-likeness (QED) is 0.0814. The number of nitrogens with zero attached hydrogens (tertiary/aromatic N) is 2. The molecule has 0 saturated carbocycles. The van der Waals surface area contributed by atoms with Gasteiger partial charge in [-0.3, -0.25) is 24.1 Å². The fourth-order valence-corrected chi connectivity index (χ4v) is 4.94. The smallest absolute Gasteiger partial charge is 0.320 e. The molecule has 1 saturated heterocycles. The molecule has 2 unspecified atom stereocenters. The molecule has 0 aromatic heterocycles. The molecule has 0 aliphatic carbocycles. The number of hydrogen-bond acceptors (Lipinski definition) is 8. The molecule has 238 valence electrons. The average Bonchev–Trinajstić information content (AvgIpc) is 3.43. The van der Waals surface area contributed by atoms with Crippen LogP contribution in [0.1, 0.15) is 124 Å². The molecular weight excluding hydrogens is 524 g/mol. The number of hydrogen-bond donors (Lipinski definition) is 0. The van der Waals surface area contributed by atoms with Crippen LogP contribution in [-0.4, -0.2) is 85.7 Å². The van der Waals surface area contributed by atoms with Crippen molar-refractivity contribution in [3.8, 4) is 0 Å². The number of likely N-dealkylation sites (tertiary alicyclic amines) is 1. The number of rotatable bonds is 24. The topological polar surface area (TPSA) is 102 Å². The largest absolute Gasteiger partial charge is 0.465 e. The molecule has 0 radical (unpaired) electrons. The van der Waals surface area contributed by atoms with E-state index < -0.39 is 17.9 Å². The first kappa shape index (κ1) is 36.9. The van der Waals surface area contributed by atoms with Gasteiger partial charge in [-0.1, -0.05) is 91.9 Å². The third-order valence-electron chi connectivity index (χ3n) is 7.71. The lowest BCUT2D eigenvalue weighted by molar-refractivity contribution is -0.154. The van der Waals surface area contributed by atoms with Crippen LogP contribution >= 0.6 is 0 Å². The van der Waals surface area contributed by atoms with Gasteiger partial charge in [-0.05, 0) is 32.1 Å². The molecule has 1 aliphatic heterocycles. The molecule has 0 aromatic rings. The molecule has 0 spiro atoms. The third kappa shape index (κ3) is 17.4. The van der Waals surface area contributed by atoms with E-state index in [4.69, 9.17) is 14.2 Å². The van der Waals surface area contributed by atoms with E-state index in [2.05, 4.69) is 13.8 Å². The first-order valence-electron chi connectivity index (χ1n) is 16.3. The highest BCUT2D eigenvalue weighted by atomic mass is 16.5. The van der Waals surface area contributed by atoms with Crippen LogP contribution in [0.3, 0.4) is 0 Å². The second kappa shape index (κ2) is 23.4. The number of carbonyl (C=O) groups excluding carboxylic acids is 4. The summed E-state index contributed by atoms with van der Waals surface area (Å²) < 4.78 is 16.3. The summed E-state index contributed by atoms with van der Waals surface area (Å²) in [6, 6.07) is -0.140. The van der Waals surface area contributed by atoms with Crippen LogP contribution < -0.4 is 0 Å². The maximum absolute atomic E-state index is 12.7. The van der Waals surface area contributed by atoms with Gasteiger partial charge < -0.3 is 19.1 Å². The van der Waals surface area contributed by atoms with E-state index in [1.54, 1.807) is 0 Å². The summed E-state index contributed by atoms with van der Waals surface area (Å²) in [5.74, 6) is -1.46. The highest BCUT2D eigenvalue weighted by molar-refractivity contribution is 5.79. The van der Waals surface area contributed by atoms with Crippen molar-refractivity contribution in [2.24, 2.45) is 5.92 Å². The van der Waals surface area contributed by atoms with E-state index in [1.807, 2.05) is 18.7 Å². The molecule has 41 heavy (non-hydrogen) atoms. The molecule has 2 atom stereocenters. The molecule has 0 N–H and O–H groups in total. The fourth-order valence-electron chi connectivity index (χ4n) is 4.94. The van der Waals surface area contributed by atoms with Crippen LogP contribution in [0, 0.1) is 5.92 Å². The van der Waals surface area contributed by atoms with Gasteiger partial charge in [-0.15, -0.1) is 0 Å². The lowest BCUT2D eigenvalue weighted by Crippen LogP contribution is -2.43. The van der Waals surface area contributed by atoms with Crippen LogP contribution in [-0.2, 0) is 33.4 Å². The van der Waals surface area contributed by atoms with Gasteiger partial charge in [0.05, 0.1) is 38.9 Å². The fraction of sp³-hybridized carbons (Fsp3) is 0.875. The van der Waals surface area contributed by atoms with Crippen molar-refractivity contribution in [3.63, 3.8) is 0 Å². The summed E-state index contributed by atoms with van der Waals surface area (Å²) in [7, 11) is 0. The van der Waals surface area contributed by atoms with Crippen molar-refractivity contribution in [3.05, 3.63) is 0 Å². The summed E-state index contributed by atoms with van der Waals surface area (Å²) in [6.07, 6.45) is 15.4. The first-order valence-corrected chi connectivity index (χ1v) is 16.3. The Kier molecular flexibility index (Phi) is 21.0. The molecule has 9 nitrogen and oxygen atoms in total. The SMILES string of the molecule is CCCCCCCCOC(=O)CN(CC(=O)OCCCCCCCC)CC(=O)OCC1CCCN1C(=O)C(C)CC. The van der Waals surface area contributed by atoms with Crippen LogP contribution in [0.4, 0.5) is 0 Å². The molecule has 1 amide bonds. The lowest BCUT2D eigenvalue weighted by atomic mass is 10.1. The van der Waals surface area contributed by atoms with E-state index in [-0.39, 0.29) is 44.1 Å². The maximum atomic E-state index is 12.7. The molecule has 1 heterocycles. The Hall–Kier alpha value is -2.16. The first-order chi connectivity index (χ1) is 19.8. The molecule has 0 aromatic carbocycles. The second-order valence-electron chi connectivity index (χ2n) is 11.4. The Balaban J connectivity index is 2.55. The molecule has 0 bridgehead atoms. The lowest BCUT2D eigenvalue weighted by Gasteiger charge is -2.27. The van der Waals surface area contributed by atoms with Gasteiger partial charge in [0.25, 0.3) is 0 Å². The number of carbonyl (C=O) groups is 4. The molecule has 9 heteroatoms. The van der Waals surface area contributed by atoms with Gasteiger partial charge in [-0.25, -0.2) is 0 Å². The van der Waals surface area contributed by atoms with E-state index in [9.17, 15) is 19.2 Å². The highest BCUT2D eigenvalue weighted by Gasteiger charge is 2.32. The zero-order chi connectivity index (χ0) is 30.3. The van der Waals surface area contributed by atoms with Crippen LogP contribution in [0.2, 0.25) is 0 Å². The van der Waals surface area contributed by atoms with Crippen molar-refractivity contribution in [2.45, 2.75) is 130 Å². The molecule has 1 fully saturated rings. The minimum atomic E-state index is -0.541. The van der Waals surface area contributed by atoms with Crippen LogP contribution in [0.25, 0.3) is 0 Å².